The Balaban J connectivity index is -0.0000000600. The van der Waals surface area contributed by atoms with Crippen LogP contribution in [0.1, 0.15) is 0 Å². The van der Waals surface area contributed by atoms with E-state index < -0.39 is 0 Å². The van der Waals surface area contributed by atoms with Gasteiger partial charge >= 0.3 is 27.0 Å². The Labute approximate surface area is 102 Å². The minimum absolute atomic E-state index is 0. The van der Waals surface area contributed by atoms with Crippen molar-refractivity contribution in [3.63, 3.8) is 0 Å². The maximum absolute atomic E-state index is 4.81. The average molecular weight is 332 g/mol. The van der Waals surface area contributed by atoms with E-state index in [1.165, 1.54) is 0 Å². The van der Waals surface area contributed by atoms with Crippen LogP contribution in [0.25, 0.3) is 0 Å². The molecule has 0 bridgehead atoms. The van der Waals surface area contributed by atoms with Gasteiger partial charge in [-0.3, -0.25) is 0 Å². The number of hydrogen-bond acceptors (Lipinski definition) is 1. The molecule has 0 N–H and O–H groups in total. The van der Waals surface area contributed by atoms with E-state index in [-0.39, 0.29) is 27.2 Å². The third kappa shape index (κ3) is 13.8. The second kappa shape index (κ2) is 18.1. The second-order valence-electron chi connectivity index (χ2n) is 1.31. The monoisotopic (exact) mass is 331 g/mol. The molecule has 2 unspecified atom stereocenters. The van der Waals surface area contributed by atoms with E-state index >= 15 is 0 Å². The van der Waals surface area contributed by atoms with Gasteiger partial charge in [-0.15, -0.1) is 0 Å². The maximum Gasteiger partial charge on any atom is -0.0624 e. The Morgan fingerprint density at radius 1 is 1.00 bits per heavy atom. The van der Waals surface area contributed by atoms with Crippen molar-refractivity contribution in [1.82, 2.24) is 0 Å². The topological polar surface area (TPSA) is 0 Å². The van der Waals surface area contributed by atoms with Crippen molar-refractivity contribution in [3.05, 3.63) is 37.8 Å². The predicted octanol–water partition coefficient (Wildman–Crippen LogP) is 2.58. The van der Waals surface area contributed by atoms with Gasteiger partial charge in [0.05, 0.1) is 0 Å². The van der Waals surface area contributed by atoms with E-state index in [2.05, 4.69) is 9.69 Å². The molecule has 0 saturated carbocycles. The zero-order valence-electron chi connectivity index (χ0n) is 6.94. The number of halogens is 1. The van der Waals surface area contributed by atoms with Crippen LogP contribution in [0.3, 0.4) is 0 Å². The first-order valence-corrected chi connectivity index (χ1v) is 4.89. The summed E-state index contributed by atoms with van der Waals surface area (Å²) < 4.78 is 0. The SMILES string of the molecule is P.P.[CH3-].[Cl][RhH].[S-]c1ccccc1. The van der Waals surface area contributed by atoms with Crippen LogP contribution in [0, 0.1) is 7.43 Å². The predicted molar refractivity (Wildman–Crippen MR) is 67.9 cm³/mol. The quantitative estimate of drug-likeness (QED) is 0.305. The summed E-state index contributed by atoms with van der Waals surface area (Å²) in [5.41, 5.74) is 0. The summed E-state index contributed by atoms with van der Waals surface area (Å²) in [5.74, 6) is 0. The van der Waals surface area contributed by atoms with E-state index in [4.69, 9.17) is 12.6 Å². The summed E-state index contributed by atoms with van der Waals surface area (Å²) >= 11 is 6.63. The Morgan fingerprint density at radius 3 is 1.50 bits per heavy atom. The summed E-state index contributed by atoms with van der Waals surface area (Å²) in [4.78, 5) is 0.905. The molecule has 0 aliphatic rings. The van der Waals surface area contributed by atoms with Crippen molar-refractivity contribution < 1.29 is 17.3 Å². The fraction of sp³-hybridized carbons (Fsp3) is 0. The Morgan fingerprint density at radius 2 is 1.33 bits per heavy atom. The van der Waals surface area contributed by atoms with Crippen molar-refractivity contribution in [2.75, 3.05) is 0 Å². The first kappa shape index (κ1) is 23.2. The molecule has 0 amide bonds. The normalized spacial score (nSPS) is 5.58. The molecule has 0 aromatic heterocycles. The van der Waals surface area contributed by atoms with Gasteiger partial charge in [0.2, 0.25) is 0 Å². The molecule has 5 heteroatoms. The van der Waals surface area contributed by atoms with E-state index in [1.54, 1.807) is 0 Å². The van der Waals surface area contributed by atoms with Crippen LogP contribution in [0.5, 0.6) is 0 Å². The summed E-state index contributed by atoms with van der Waals surface area (Å²) in [6.45, 7) is 0. The standard InChI is InChI=1S/C6H6S.CH3.ClH.2H3P.Rh.H/c7-6-4-2-1-3-5-6;;;;;;/h1-5,7H;1H3;1H;2*1H3;;/q;-1;;;;+1;/p-2. The van der Waals surface area contributed by atoms with Gasteiger partial charge in [-0.1, -0.05) is 30.3 Å². The van der Waals surface area contributed by atoms with Gasteiger partial charge in [0.25, 0.3) is 0 Å². The first-order valence-electron chi connectivity index (χ1n) is 2.25. The van der Waals surface area contributed by atoms with Gasteiger partial charge in [0, 0.05) is 0 Å². The molecule has 0 heterocycles. The van der Waals surface area contributed by atoms with Crippen LogP contribution < -0.4 is 0 Å². The van der Waals surface area contributed by atoms with Gasteiger partial charge < -0.3 is 20.1 Å². The van der Waals surface area contributed by atoms with Crippen LogP contribution >= 0.6 is 29.5 Å². The number of hydrogen-bond donors (Lipinski definition) is 0. The van der Waals surface area contributed by atoms with E-state index in [1.807, 2.05) is 47.6 Å². The van der Waals surface area contributed by atoms with Crippen molar-refractivity contribution in [2.24, 2.45) is 0 Å². The minimum atomic E-state index is 0. The van der Waals surface area contributed by atoms with E-state index in [0.29, 0.717) is 0 Å². The van der Waals surface area contributed by atoms with Gasteiger partial charge in [0.1, 0.15) is 0 Å². The van der Waals surface area contributed by atoms with Crippen LogP contribution in [-0.2, 0) is 29.9 Å². The third-order valence-electron chi connectivity index (χ3n) is 0.743. The van der Waals surface area contributed by atoms with Crippen molar-refractivity contribution in [1.29, 1.82) is 0 Å². The number of rotatable bonds is 0. The Hall–Kier alpha value is 1.21. The summed E-state index contributed by atoms with van der Waals surface area (Å²) in [5, 5.41) is 0. The first-order chi connectivity index (χ1) is 4.39. The molecular weight excluding hydrogens is 316 g/mol. The molecule has 77 valence electrons. The van der Waals surface area contributed by atoms with Gasteiger partial charge in [0.15, 0.2) is 0 Å². The molecule has 1 aromatic carbocycles. The molecule has 0 aliphatic carbocycles. The molecule has 0 aliphatic heterocycles. The molecule has 0 spiro atoms. The average Bonchev–Trinajstić information content (AvgIpc) is 1.94. The van der Waals surface area contributed by atoms with Gasteiger partial charge in [-0.05, 0) is 0 Å². The molecule has 1 aromatic rings. The summed E-state index contributed by atoms with van der Waals surface area (Å²) in [7, 11) is 4.57. The Kier molecular flexibility index (Phi) is 35.0. The largest absolute Gasteiger partial charge is 0.780 e. The molecule has 0 nitrogen and oxygen atoms in total. The molecule has 1 rings (SSSR count). The van der Waals surface area contributed by atoms with Crippen LogP contribution in [-0.4, -0.2) is 0 Å². The van der Waals surface area contributed by atoms with Crippen LogP contribution in [0.2, 0.25) is 0 Å². The summed E-state index contributed by atoms with van der Waals surface area (Å²) in [6.07, 6.45) is 0. The zero-order valence-corrected chi connectivity index (χ0v) is 13.1. The minimum Gasteiger partial charge on any atom is -0.780 e. The number of benzene rings is 1. The Bertz CT molecular complexity index is 151. The fourth-order valence-electron chi connectivity index (χ4n) is 0.420. The maximum atomic E-state index is 4.81. The molecule has 12 heavy (non-hydrogen) atoms. The molecule has 0 fully saturated rings. The molecule has 0 saturated heterocycles. The third-order valence-corrected chi connectivity index (χ3v) is 1.02. The van der Waals surface area contributed by atoms with Crippen LogP contribution in [0.15, 0.2) is 35.2 Å². The fourth-order valence-corrected chi connectivity index (χ4v) is 0.578. The van der Waals surface area contributed by atoms with Crippen LogP contribution in [0.4, 0.5) is 0 Å². The van der Waals surface area contributed by atoms with Gasteiger partial charge in [-0.2, -0.15) is 24.7 Å². The van der Waals surface area contributed by atoms with Crippen molar-refractivity contribution >= 4 is 42.1 Å². The smallest absolute Gasteiger partial charge is 0.0624 e. The molecule has 2 atom stereocenters. The molecule has 0 radical (unpaired) electrons. The second-order valence-corrected chi connectivity index (χ2v) is 1.78. The van der Waals surface area contributed by atoms with Gasteiger partial charge in [-0.25, -0.2) is 0 Å². The summed E-state index contributed by atoms with van der Waals surface area (Å²) in [6, 6.07) is 9.62. The van der Waals surface area contributed by atoms with Crippen molar-refractivity contribution in [3.8, 4) is 0 Å². The molecular formula is C7H15ClP2RhS-2. The van der Waals surface area contributed by atoms with Crippen molar-refractivity contribution in [2.45, 2.75) is 4.90 Å². The van der Waals surface area contributed by atoms with E-state index in [9.17, 15) is 0 Å². The zero-order chi connectivity index (χ0) is 7.11. The van der Waals surface area contributed by atoms with E-state index in [0.717, 1.165) is 4.90 Å².